The Kier molecular flexibility index (Phi) is 21.7. The molecule has 0 saturated heterocycles. The van der Waals surface area contributed by atoms with Gasteiger partial charge in [0, 0.05) is 47.2 Å². The van der Waals surface area contributed by atoms with Crippen molar-refractivity contribution in [1.29, 1.82) is 0 Å². The Bertz CT molecular complexity index is 1910. The molecule has 0 aliphatic rings. The predicted molar refractivity (Wildman–Crippen MR) is 234 cm³/mol. The van der Waals surface area contributed by atoms with Gasteiger partial charge in [0.25, 0.3) is 0 Å². The van der Waals surface area contributed by atoms with Crippen LogP contribution in [0.4, 0.5) is 10.1 Å². The Morgan fingerprint density at radius 1 is 0.627 bits per heavy atom. The molecule has 0 spiro atoms. The fourth-order valence-electron chi connectivity index (χ4n) is 5.49. The van der Waals surface area contributed by atoms with Gasteiger partial charge in [0.2, 0.25) is 0 Å². The van der Waals surface area contributed by atoms with Crippen molar-refractivity contribution in [3.05, 3.63) is 123 Å². The number of aldehydes is 2. The summed E-state index contributed by atoms with van der Waals surface area (Å²) in [6, 6.07) is 25.0. The first-order valence-electron chi connectivity index (χ1n) is 19.5. The van der Waals surface area contributed by atoms with Crippen LogP contribution in [0, 0.1) is 5.82 Å². The number of benzene rings is 4. The van der Waals surface area contributed by atoms with Gasteiger partial charge in [-0.3, -0.25) is 19.2 Å². The summed E-state index contributed by atoms with van der Waals surface area (Å²) in [4.78, 5) is 47.2. The summed E-state index contributed by atoms with van der Waals surface area (Å²) < 4.78 is 33.5. The van der Waals surface area contributed by atoms with Crippen LogP contribution in [-0.4, -0.2) is 56.5 Å². The van der Waals surface area contributed by atoms with Gasteiger partial charge < -0.3 is 23.8 Å². The van der Waals surface area contributed by atoms with Crippen LogP contribution in [0.3, 0.4) is 0 Å². The fourth-order valence-corrected chi connectivity index (χ4v) is 5.82. The summed E-state index contributed by atoms with van der Waals surface area (Å²) >= 11 is 11.6. The summed E-state index contributed by atoms with van der Waals surface area (Å²) in [7, 11) is 3.30. The standard InChI is InChI=1S/C23H28ClNO4.C17H26O3.C7H4ClFO/c1-23(2,3)29-22(27)6-5-13-25(15-17-7-11-20(28-4)12-8-17)21-14-19(24)10-9-18(21)16-26;1-17(2,3)20-16(18)9-7-5-6-8-14-10-12-15(19-4)13-11-14;8-6-2-1-5(4-10)7(9)3-6/h7-12,14,16H,5-6,13,15H2,1-4H3;10-13H,5-9H2,1-4H3;1-4H. The first-order chi connectivity index (χ1) is 27.9. The predicted octanol–water partition coefficient (Wildman–Crippen LogP) is 11.7. The number of unbranched alkanes of at least 4 members (excludes halogenated alkanes) is 2. The largest absolute Gasteiger partial charge is 0.497 e. The lowest BCUT2D eigenvalue weighted by Gasteiger charge is -2.27. The van der Waals surface area contributed by atoms with E-state index in [0.29, 0.717) is 54.2 Å². The van der Waals surface area contributed by atoms with Crippen LogP contribution in [-0.2, 0) is 32.0 Å². The SMILES string of the molecule is COc1ccc(CCCCCC(=O)OC(C)(C)C)cc1.COc1ccc(CN(CCCC(=O)OC(C)(C)C)c2cc(Cl)ccc2C=O)cc1.O=Cc1ccc(Cl)cc1F. The second kappa shape index (κ2) is 25.5. The zero-order valence-electron chi connectivity index (χ0n) is 35.4. The maximum atomic E-state index is 12.5. The third-order valence-corrected chi connectivity index (χ3v) is 8.71. The normalized spacial score (nSPS) is 10.8. The number of carbonyl (C=O) groups is 4. The van der Waals surface area contributed by atoms with Gasteiger partial charge >= 0.3 is 11.9 Å². The van der Waals surface area contributed by atoms with E-state index < -0.39 is 11.4 Å². The summed E-state index contributed by atoms with van der Waals surface area (Å²) in [6.45, 7) is 12.4. The molecule has 0 radical (unpaired) electrons. The molecule has 0 amide bonds. The summed E-state index contributed by atoms with van der Waals surface area (Å²) in [5, 5.41) is 0.848. The molecule has 0 aliphatic heterocycles. The Labute approximate surface area is 359 Å². The van der Waals surface area contributed by atoms with Gasteiger partial charge in [-0.05, 0) is 139 Å². The van der Waals surface area contributed by atoms with E-state index in [1.807, 2.05) is 77.9 Å². The molecule has 0 saturated carbocycles. The van der Waals surface area contributed by atoms with Crippen molar-refractivity contribution in [3.8, 4) is 11.5 Å². The number of aryl methyl sites for hydroxylation is 1. The number of anilines is 1. The Balaban J connectivity index is 0.000000343. The van der Waals surface area contributed by atoms with Gasteiger partial charge in [0.05, 0.1) is 19.8 Å². The second-order valence-corrected chi connectivity index (χ2v) is 16.4. The molecule has 0 bridgehead atoms. The van der Waals surface area contributed by atoms with Crippen molar-refractivity contribution in [1.82, 2.24) is 0 Å². The number of carbonyl (C=O) groups excluding carboxylic acids is 4. The molecule has 9 nitrogen and oxygen atoms in total. The van der Waals surface area contributed by atoms with E-state index in [1.54, 1.807) is 32.4 Å². The first kappa shape index (κ1) is 50.2. The van der Waals surface area contributed by atoms with Gasteiger partial charge in [0.1, 0.15) is 28.5 Å². The van der Waals surface area contributed by atoms with E-state index in [-0.39, 0.29) is 23.1 Å². The highest BCUT2D eigenvalue weighted by atomic mass is 35.5. The van der Waals surface area contributed by atoms with Crippen LogP contribution in [0.2, 0.25) is 10.0 Å². The van der Waals surface area contributed by atoms with Crippen molar-refractivity contribution < 1.29 is 42.5 Å². The molecule has 0 aliphatic carbocycles. The molecule has 4 aromatic rings. The molecule has 0 unspecified atom stereocenters. The van der Waals surface area contributed by atoms with Crippen LogP contribution in [0.15, 0.2) is 84.9 Å². The highest BCUT2D eigenvalue weighted by molar-refractivity contribution is 6.31. The van der Waals surface area contributed by atoms with Gasteiger partial charge in [-0.1, -0.05) is 53.9 Å². The molecule has 0 heterocycles. The lowest BCUT2D eigenvalue weighted by molar-refractivity contribution is -0.156. The molecule has 4 rings (SSSR count). The zero-order chi connectivity index (χ0) is 44.0. The Hall–Kier alpha value is -4.93. The fraction of sp³-hybridized carbons (Fsp3) is 0.404. The Morgan fingerprint density at radius 2 is 1.10 bits per heavy atom. The van der Waals surface area contributed by atoms with E-state index >= 15 is 0 Å². The molecule has 12 heteroatoms. The minimum absolute atomic E-state index is 0.0319. The van der Waals surface area contributed by atoms with Gasteiger partial charge in [-0.2, -0.15) is 0 Å². The highest BCUT2D eigenvalue weighted by Crippen LogP contribution is 2.27. The Morgan fingerprint density at radius 3 is 1.58 bits per heavy atom. The van der Waals surface area contributed by atoms with Gasteiger partial charge in [0.15, 0.2) is 12.6 Å². The van der Waals surface area contributed by atoms with Crippen LogP contribution in [0.5, 0.6) is 11.5 Å². The molecule has 0 N–H and O–H groups in total. The van der Waals surface area contributed by atoms with Crippen molar-refractivity contribution in [2.75, 3.05) is 25.7 Å². The molecule has 0 fully saturated rings. The number of esters is 2. The average molecular weight is 855 g/mol. The number of rotatable bonds is 17. The molecular formula is C47H58Cl2FNO8. The monoisotopic (exact) mass is 853 g/mol. The number of halogens is 3. The smallest absolute Gasteiger partial charge is 0.306 e. The van der Waals surface area contributed by atoms with Crippen LogP contribution in [0.25, 0.3) is 0 Å². The molecule has 320 valence electrons. The zero-order valence-corrected chi connectivity index (χ0v) is 37.0. The van der Waals surface area contributed by atoms with E-state index in [2.05, 4.69) is 17.0 Å². The van der Waals surface area contributed by atoms with E-state index in [1.165, 1.54) is 17.7 Å². The summed E-state index contributed by atoms with van der Waals surface area (Å²) in [5.41, 5.74) is 2.82. The number of hydrogen-bond acceptors (Lipinski definition) is 9. The third-order valence-electron chi connectivity index (χ3n) is 8.24. The maximum Gasteiger partial charge on any atom is 0.306 e. The van der Waals surface area contributed by atoms with Crippen LogP contribution in [0.1, 0.15) is 112 Å². The highest BCUT2D eigenvalue weighted by Gasteiger charge is 2.18. The quantitative estimate of drug-likeness (QED) is 0.0582. The van der Waals surface area contributed by atoms with E-state index in [0.717, 1.165) is 60.8 Å². The molecule has 59 heavy (non-hydrogen) atoms. The molecular weight excluding hydrogens is 796 g/mol. The second-order valence-electron chi connectivity index (χ2n) is 15.6. The minimum atomic E-state index is -0.581. The van der Waals surface area contributed by atoms with E-state index in [9.17, 15) is 23.6 Å². The number of hydrogen-bond donors (Lipinski definition) is 0. The summed E-state index contributed by atoms with van der Waals surface area (Å²) in [6.07, 6.45) is 6.75. The molecule has 0 atom stereocenters. The molecule has 0 aromatic heterocycles. The average Bonchev–Trinajstić information content (AvgIpc) is 3.17. The van der Waals surface area contributed by atoms with Crippen molar-refractivity contribution in [2.45, 2.75) is 104 Å². The summed E-state index contributed by atoms with van der Waals surface area (Å²) in [5.74, 6) is 0.758. The van der Waals surface area contributed by atoms with Gasteiger partial charge in [-0.15, -0.1) is 0 Å². The number of ether oxygens (including phenoxy) is 4. The maximum absolute atomic E-state index is 12.5. The molecule has 4 aromatic carbocycles. The van der Waals surface area contributed by atoms with E-state index in [4.69, 9.17) is 42.1 Å². The number of methoxy groups -OCH3 is 2. The lowest BCUT2D eigenvalue weighted by atomic mass is 10.1. The first-order valence-corrected chi connectivity index (χ1v) is 20.2. The third kappa shape index (κ3) is 21.1. The van der Waals surface area contributed by atoms with Crippen LogP contribution < -0.4 is 14.4 Å². The topological polar surface area (TPSA) is 108 Å². The minimum Gasteiger partial charge on any atom is -0.497 e. The van der Waals surface area contributed by atoms with Crippen LogP contribution >= 0.6 is 23.2 Å². The van der Waals surface area contributed by atoms with Crippen molar-refractivity contribution in [2.24, 2.45) is 0 Å². The number of nitrogens with zero attached hydrogens (tertiary/aromatic N) is 1. The van der Waals surface area contributed by atoms with Gasteiger partial charge in [-0.25, -0.2) is 4.39 Å². The van der Waals surface area contributed by atoms with Crippen molar-refractivity contribution >= 4 is 53.4 Å². The lowest BCUT2D eigenvalue weighted by Crippen LogP contribution is -2.27. The van der Waals surface area contributed by atoms with Crippen molar-refractivity contribution in [3.63, 3.8) is 0 Å².